The molecule has 0 saturated carbocycles. The number of anilines is 1. The van der Waals surface area contributed by atoms with Gasteiger partial charge in [0.1, 0.15) is 0 Å². The maximum absolute atomic E-state index is 13.6. The summed E-state index contributed by atoms with van der Waals surface area (Å²) in [6.07, 6.45) is -0.0874. The minimum atomic E-state index is -0.786. The second-order valence-corrected chi connectivity index (χ2v) is 4.29. The normalized spacial score (nSPS) is 18.5. The van der Waals surface area contributed by atoms with Gasteiger partial charge in [-0.15, -0.1) is 0 Å². The van der Waals surface area contributed by atoms with Crippen molar-refractivity contribution < 1.29 is 23.4 Å². The number of aliphatic hydroxyl groups is 1. The van der Waals surface area contributed by atoms with E-state index in [0.29, 0.717) is 13.0 Å². The first-order valence-corrected chi connectivity index (χ1v) is 5.78. The van der Waals surface area contributed by atoms with Crippen LogP contribution in [0.4, 0.5) is 19.3 Å². The van der Waals surface area contributed by atoms with Crippen LogP contribution in [-0.2, 0) is 0 Å². The zero-order valence-electron chi connectivity index (χ0n) is 10.3. The molecule has 1 aromatic carbocycles. The predicted molar refractivity (Wildman–Crippen MR) is 64.1 cm³/mol. The molecule has 1 aliphatic heterocycles. The Morgan fingerprint density at radius 2 is 2.21 bits per heavy atom. The Morgan fingerprint density at radius 3 is 2.79 bits per heavy atom. The van der Waals surface area contributed by atoms with Gasteiger partial charge in [0.15, 0.2) is 17.4 Å². The fraction of sp³-hybridized carbons (Fsp3) is 0.417. The van der Waals surface area contributed by atoms with Gasteiger partial charge in [0.05, 0.1) is 18.9 Å². The number of methoxy groups -OCH3 is 1. The monoisotopic (exact) mass is 272 g/mol. The number of aliphatic hydroxyl groups excluding tert-OH is 1. The Hall–Kier alpha value is -1.89. The van der Waals surface area contributed by atoms with E-state index >= 15 is 0 Å². The quantitative estimate of drug-likeness (QED) is 0.859. The number of benzene rings is 1. The van der Waals surface area contributed by atoms with Crippen LogP contribution < -0.4 is 10.1 Å². The zero-order chi connectivity index (χ0) is 14.0. The van der Waals surface area contributed by atoms with Gasteiger partial charge in [-0.3, -0.25) is 0 Å². The van der Waals surface area contributed by atoms with E-state index in [1.165, 1.54) is 12.0 Å². The van der Waals surface area contributed by atoms with Crippen molar-refractivity contribution in [1.82, 2.24) is 4.90 Å². The molecule has 0 bridgehead atoms. The van der Waals surface area contributed by atoms with Crippen LogP contribution in [0.25, 0.3) is 0 Å². The maximum Gasteiger partial charge on any atom is 0.322 e. The molecule has 1 atom stereocenters. The van der Waals surface area contributed by atoms with Crippen LogP contribution in [-0.4, -0.2) is 42.3 Å². The van der Waals surface area contributed by atoms with Crippen molar-refractivity contribution in [3.05, 3.63) is 23.8 Å². The van der Waals surface area contributed by atoms with E-state index in [1.54, 1.807) is 0 Å². The number of halogens is 2. The first-order valence-electron chi connectivity index (χ1n) is 5.78. The molecule has 1 saturated heterocycles. The lowest BCUT2D eigenvalue weighted by atomic mass is 10.2. The molecule has 5 nitrogen and oxygen atoms in total. The highest BCUT2D eigenvalue weighted by Crippen LogP contribution is 2.25. The van der Waals surface area contributed by atoms with E-state index < -0.39 is 23.8 Å². The van der Waals surface area contributed by atoms with Gasteiger partial charge in [-0.25, -0.2) is 13.6 Å². The third-order valence-corrected chi connectivity index (χ3v) is 2.93. The number of hydrogen-bond acceptors (Lipinski definition) is 3. The third-order valence-electron chi connectivity index (χ3n) is 2.93. The lowest BCUT2D eigenvalue weighted by Gasteiger charge is -2.17. The minimum absolute atomic E-state index is 0.187. The fourth-order valence-electron chi connectivity index (χ4n) is 1.90. The number of amides is 2. The average molecular weight is 272 g/mol. The highest BCUT2D eigenvalue weighted by Gasteiger charge is 2.25. The van der Waals surface area contributed by atoms with E-state index in [4.69, 9.17) is 0 Å². The van der Waals surface area contributed by atoms with Crippen molar-refractivity contribution in [3.63, 3.8) is 0 Å². The Morgan fingerprint density at radius 1 is 1.47 bits per heavy atom. The molecule has 2 rings (SSSR count). The lowest BCUT2D eigenvalue weighted by Crippen LogP contribution is -2.33. The summed E-state index contributed by atoms with van der Waals surface area (Å²) in [4.78, 5) is 13.1. The number of rotatable bonds is 2. The first-order chi connectivity index (χ1) is 9.01. The summed E-state index contributed by atoms with van der Waals surface area (Å²) in [6, 6.07) is 1.16. The number of ether oxygens (including phenoxy) is 1. The molecule has 19 heavy (non-hydrogen) atoms. The van der Waals surface area contributed by atoms with Crippen LogP contribution in [0.2, 0.25) is 0 Å². The number of hydrogen-bond donors (Lipinski definition) is 2. The molecule has 104 valence electrons. The molecule has 2 amide bonds. The summed E-state index contributed by atoms with van der Waals surface area (Å²) in [5.74, 6) is -1.78. The molecule has 0 aromatic heterocycles. The second-order valence-electron chi connectivity index (χ2n) is 4.29. The minimum Gasteiger partial charge on any atom is -0.494 e. The van der Waals surface area contributed by atoms with Crippen molar-refractivity contribution in [2.75, 3.05) is 25.5 Å². The van der Waals surface area contributed by atoms with Crippen molar-refractivity contribution >= 4 is 11.7 Å². The average Bonchev–Trinajstić information content (AvgIpc) is 2.80. The summed E-state index contributed by atoms with van der Waals surface area (Å²) in [5, 5.41) is 11.6. The Bertz CT molecular complexity index is 496. The molecule has 7 heteroatoms. The van der Waals surface area contributed by atoms with Crippen LogP contribution in [0.3, 0.4) is 0 Å². The summed E-state index contributed by atoms with van der Waals surface area (Å²) in [5.41, 5.74) is -0.260. The molecule has 0 spiro atoms. The van der Waals surface area contributed by atoms with E-state index in [1.807, 2.05) is 0 Å². The van der Waals surface area contributed by atoms with Gasteiger partial charge < -0.3 is 20.1 Å². The van der Waals surface area contributed by atoms with Gasteiger partial charge in [-0.1, -0.05) is 0 Å². The van der Waals surface area contributed by atoms with Gasteiger partial charge in [-0.05, 0) is 6.42 Å². The zero-order valence-corrected chi connectivity index (χ0v) is 10.3. The number of carbonyl (C=O) groups excluding carboxylic acids is 1. The number of carbonyl (C=O) groups is 1. The molecule has 1 aliphatic rings. The highest BCUT2D eigenvalue weighted by molar-refractivity contribution is 5.89. The van der Waals surface area contributed by atoms with E-state index in [9.17, 15) is 18.7 Å². The van der Waals surface area contributed by atoms with Crippen LogP contribution in [0.5, 0.6) is 5.75 Å². The largest absolute Gasteiger partial charge is 0.494 e. The van der Waals surface area contributed by atoms with Gasteiger partial charge in [-0.2, -0.15) is 0 Å². The van der Waals surface area contributed by atoms with Crippen LogP contribution in [0.1, 0.15) is 6.42 Å². The Balaban J connectivity index is 2.11. The molecule has 2 N–H and O–H groups in total. The van der Waals surface area contributed by atoms with Crippen molar-refractivity contribution in [1.29, 1.82) is 0 Å². The van der Waals surface area contributed by atoms with Gasteiger partial charge in [0.2, 0.25) is 0 Å². The standard InChI is InChI=1S/C12H14F2N2O3/c1-19-11-5-8(13)10(4-9(11)14)15-12(18)16-3-2-7(17)6-16/h4-5,7,17H,2-3,6H2,1H3,(H,15,18)/t7-/m0/s1. The summed E-state index contributed by atoms with van der Waals surface area (Å²) < 4.78 is 31.7. The van der Waals surface area contributed by atoms with Crippen LogP contribution >= 0.6 is 0 Å². The number of nitrogens with zero attached hydrogens (tertiary/aromatic N) is 1. The van der Waals surface area contributed by atoms with Gasteiger partial charge in [0.25, 0.3) is 0 Å². The maximum atomic E-state index is 13.6. The smallest absolute Gasteiger partial charge is 0.322 e. The molecule has 1 heterocycles. The van der Waals surface area contributed by atoms with E-state index in [0.717, 1.165) is 12.1 Å². The lowest BCUT2D eigenvalue weighted by molar-refractivity contribution is 0.176. The molecule has 0 unspecified atom stereocenters. The fourth-order valence-corrected chi connectivity index (χ4v) is 1.90. The van der Waals surface area contributed by atoms with E-state index in [-0.39, 0.29) is 18.0 Å². The second kappa shape index (κ2) is 5.40. The third kappa shape index (κ3) is 2.93. The molecule has 0 radical (unpaired) electrons. The SMILES string of the molecule is COc1cc(F)c(NC(=O)N2CC[C@H](O)C2)cc1F. The van der Waals surface area contributed by atoms with Crippen LogP contribution in [0, 0.1) is 11.6 Å². The number of likely N-dealkylation sites (tertiary alicyclic amines) is 1. The van der Waals surface area contributed by atoms with Crippen molar-refractivity contribution in [3.8, 4) is 5.75 Å². The van der Waals surface area contributed by atoms with Crippen LogP contribution in [0.15, 0.2) is 12.1 Å². The predicted octanol–water partition coefficient (Wildman–Crippen LogP) is 1.57. The molecule has 0 aliphatic carbocycles. The molecular weight excluding hydrogens is 258 g/mol. The van der Waals surface area contributed by atoms with E-state index in [2.05, 4.69) is 10.1 Å². The molecule has 1 aromatic rings. The number of β-amino-alcohol motifs (C(OH)–C–C–N with tert-alkyl or cyclic N) is 1. The Kier molecular flexibility index (Phi) is 3.84. The summed E-state index contributed by atoms with van der Waals surface area (Å²) >= 11 is 0. The molecular formula is C12H14F2N2O3. The molecule has 1 fully saturated rings. The topological polar surface area (TPSA) is 61.8 Å². The first kappa shape index (κ1) is 13.5. The number of urea groups is 1. The summed E-state index contributed by atoms with van der Waals surface area (Å²) in [6.45, 7) is 0.569. The van der Waals surface area contributed by atoms with Gasteiger partial charge >= 0.3 is 6.03 Å². The number of nitrogens with one attached hydrogen (secondary N) is 1. The van der Waals surface area contributed by atoms with Crippen molar-refractivity contribution in [2.45, 2.75) is 12.5 Å². The Labute approximate surface area is 108 Å². The van der Waals surface area contributed by atoms with Gasteiger partial charge in [0, 0.05) is 25.2 Å². The van der Waals surface area contributed by atoms with Crippen molar-refractivity contribution in [2.24, 2.45) is 0 Å². The summed E-state index contributed by atoms with van der Waals surface area (Å²) in [7, 11) is 1.22. The highest BCUT2D eigenvalue weighted by atomic mass is 19.1.